The van der Waals surface area contributed by atoms with Crippen molar-refractivity contribution in [2.45, 2.75) is 12.1 Å². The first-order valence-electron chi connectivity index (χ1n) is 5.10. The molecule has 0 fully saturated rings. The molecular formula is C11H10ClN3O2S. The van der Waals surface area contributed by atoms with Gasteiger partial charge in [0.25, 0.3) is 0 Å². The van der Waals surface area contributed by atoms with Crippen molar-refractivity contribution < 1.29 is 9.90 Å². The molecule has 0 aliphatic heterocycles. The number of rotatable bonds is 4. The minimum atomic E-state index is -0.895. The van der Waals surface area contributed by atoms with Crippen molar-refractivity contribution in [1.29, 1.82) is 0 Å². The lowest BCUT2D eigenvalue weighted by Gasteiger charge is -2.00. The van der Waals surface area contributed by atoms with Crippen LogP contribution in [0.1, 0.15) is 5.56 Å². The van der Waals surface area contributed by atoms with Crippen molar-refractivity contribution in [3.8, 4) is 11.4 Å². The zero-order valence-corrected chi connectivity index (χ0v) is 11.0. The first-order chi connectivity index (χ1) is 8.56. The SMILES string of the molecule is Cc1cc(-c2nc(SCC(=O)O)n[nH]2)ccc1Cl. The van der Waals surface area contributed by atoms with Crippen LogP contribution in [-0.4, -0.2) is 32.0 Å². The van der Waals surface area contributed by atoms with E-state index in [4.69, 9.17) is 16.7 Å². The average molecular weight is 284 g/mol. The van der Waals surface area contributed by atoms with Crippen molar-refractivity contribution in [3.05, 3.63) is 28.8 Å². The van der Waals surface area contributed by atoms with E-state index in [1.54, 1.807) is 6.07 Å². The Kier molecular flexibility index (Phi) is 3.88. The number of hydrogen-bond donors (Lipinski definition) is 2. The fourth-order valence-electron chi connectivity index (χ4n) is 1.36. The van der Waals surface area contributed by atoms with Crippen molar-refractivity contribution in [2.75, 3.05) is 5.75 Å². The van der Waals surface area contributed by atoms with Gasteiger partial charge in [-0.15, -0.1) is 5.10 Å². The largest absolute Gasteiger partial charge is 0.481 e. The predicted molar refractivity (Wildman–Crippen MR) is 69.9 cm³/mol. The average Bonchev–Trinajstić information content (AvgIpc) is 2.79. The Balaban J connectivity index is 2.18. The summed E-state index contributed by atoms with van der Waals surface area (Å²) >= 11 is 7.01. The molecule has 1 heterocycles. The lowest BCUT2D eigenvalue weighted by molar-refractivity contribution is -0.133. The van der Waals surface area contributed by atoms with Crippen LogP contribution >= 0.6 is 23.4 Å². The molecule has 2 rings (SSSR count). The van der Waals surface area contributed by atoms with Gasteiger partial charge in [-0.25, -0.2) is 4.98 Å². The van der Waals surface area contributed by atoms with E-state index < -0.39 is 5.97 Å². The maximum absolute atomic E-state index is 10.4. The molecular weight excluding hydrogens is 274 g/mol. The number of H-pyrrole nitrogens is 1. The molecule has 5 nitrogen and oxygen atoms in total. The van der Waals surface area contributed by atoms with E-state index in [2.05, 4.69) is 15.2 Å². The molecule has 0 aliphatic rings. The molecule has 2 N–H and O–H groups in total. The van der Waals surface area contributed by atoms with E-state index in [1.807, 2.05) is 19.1 Å². The summed E-state index contributed by atoms with van der Waals surface area (Å²) < 4.78 is 0. The summed E-state index contributed by atoms with van der Waals surface area (Å²) in [4.78, 5) is 14.6. The Hall–Kier alpha value is -1.53. The predicted octanol–water partition coefficient (Wildman–Crippen LogP) is 2.61. The summed E-state index contributed by atoms with van der Waals surface area (Å²) in [6.07, 6.45) is 0. The number of hydrogen-bond acceptors (Lipinski definition) is 4. The fourth-order valence-corrected chi connectivity index (χ4v) is 1.99. The highest BCUT2D eigenvalue weighted by Gasteiger charge is 2.08. The van der Waals surface area contributed by atoms with Crippen LogP contribution in [0.4, 0.5) is 0 Å². The second kappa shape index (κ2) is 5.41. The minimum absolute atomic E-state index is 0.0586. The zero-order chi connectivity index (χ0) is 13.1. The van der Waals surface area contributed by atoms with Crippen LogP contribution in [0.15, 0.2) is 23.4 Å². The van der Waals surface area contributed by atoms with Gasteiger partial charge < -0.3 is 5.11 Å². The lowest BCUT2D eigenvalue weighted by atomic mass is 10.1. The monoisotopic (exact) mass is 283 g/mol. The Morgan fingerprint density at radius 1 is 1.56 bits per heavy atom. The van der Waals surface area contributed by atoms with Gasteiger partial charge in [0.05, 0.1) is 5.75 Å². The first kappa shape index (κ1) is 12.9. The molecule has 0 aliphatic carbocycles. The number of carboxylic acids is 1. The summed E-state index contributed by atoms with van der Waals surface area (Å²) in [5.74, 6) is -0.354. The highest BCUT2D eigenvalue weighted by Crippen LogP contribution is 2.23. The number of aromatic nitrogens is 3. The first-order valence-corrected chi connectivity index (χ1v) is 6.46. The van der Waals surface area contributed by atoms with Gasteiger partial charge >= 0.3 is 5.97 Å². The van der Waals surface area contributed by atoms with Crippen LogP contribution < -0.4 is 0 Å². The second-order valence-electron chi connectivity index (χ2n) is 3.61. The van der Waals surface area contributed by atoms with E-state index >= 15 is 0 Å². The molecule has 0 amide bonds. The van der Waals surface area contributed by atoms with E-state index in [0.29, 0.717) is 16.0 Å². The molecule has 0 unspecified atom stereocenters. The van der Waals surface area contributed by atoms with Crippen molar-refractivity contribution in [2.24, 2.45) is 0 Å². The quantitative estimate of drug-likeness (QED) is 0.843. The van der Waals surface area contributed by atoms with Gasteiger partial charge in [0.2, 0.25) is 5.16 Å². The van der Waals surface area contributed by atoms with Gasteiger partial charge in [-0.05, 0) is 30.7 Å². The van der Waals surface area contributed by atoms with Gasteiger partial charge in [0.1, 0.15) is 0 Å². The summed E-state index contributed by atoms with van der Waals surface area (Å²) in [6, 6.07) is 5.52. The Morgan fingerprint density at radius 3 is 3.00 bits per heavy atom. The summed E-state index contributed by atoms with van der Waals surface area (Å²) in [7, 11) is 0. The molecule has 0 saturated heterocycles. The Bertz CT molecular complexity index is 585. The highest BCUT2D eigenvalue weighted by molar-refractivity contribution is 7.99. The third-order valence-corrected chi connectivity index (χ3v) is 3.48. The standard InChI is InChI=1S/C11H10ClN3O2S/c1-6-4-7(2-3-8(6)12)10-13-11(15-14-10)18-5-9(16)17/h2-4H,5H2,1H3,(H,16,17)(H,13,14,15). The smallest absolute Gasteiger partial charge is 0.313 e. The number of nitrogens with one attached hydrogen (secondary N) is 1. The van der Waals surface area contributed by atoms with Crippen LogP contribution in [0.3, 0.4) is 0 Å². The zero-order valence-electron chi connectivity index (χ0n) is 9.48. The summed E-state index contributed by atoms with van der Waals surface area (Å²) in [6.45, 7) is 1.91. The third-order valence-electron chi connectivity index (χ3n) is 2.22. The number of aryl methyl sites for hydroxylation is 1. The molecule has 0 spiro atoms. The van der Waals surface area contributed by atoms with Gasteiger partial charge in [-0.3, -0.25) is 9.89 Å². The number of carbonyl (C=O) groups is 1. The van der Waals surface area contributed by atoms with Crippen molar-refractivity contribution >= 4 is 29.3 Å². The molecule has 18 heavy (non-hydrogen) atoms. The molecule has 94 valence electrons. The molecule has 1 aromatic heterocycles. The van der Waals surface area contributed by atoms with E-state index in [9.17, 15) is 4.79 Å². The van der Waals surface area contributed by atoms with Crippen LogP contribution in [0, 0.1) is 6.92 Å². The summed E-state index contributed by atoms with van der Waals surface area (Å²) in [5, 5.41) is 16.4. The number of aliphatic carboxylic acids is 1. The number of benzene rings is 1. The van der Waals surface area contributed by atoms with E-state index in [-0.39, 0.29) is 5.75 Å². The molecule has 0 bridgehead atoms. The topological polar surface area (TPSA) is 78.9 Å². The second-order valence-corrected chi connectivity index (χ2v) is 4.96. The number of aromatic amines is 1. The van der Waals surface area contributed by atoms with Gasteiger partial charge in [0, 0.05) is 10.6 Å². The molecule has 7 heteroatoms. The van der Waals surface area contributed by atoms with Crippen molar-refractivity contribution in [1.82, 2.24) is 15.2 Å². The van der Waals surface area contributed by atoms with Gasteiger partial charge in [-0.1, -0.05) is 23.4 Å². The van der Waals surface area contributed by atoms with Crippen LogP contribution in [0.2, 0.25) is 5.02 Å². The highest BCUT2D eigenvalue weighted by atomic mass is 35.5. The van der Waals surface area contributed by atoms with Crippen LogP contribution in [-0.2, 0) is 4.79 Å². The van der Waals surface area contributed by atoms with Crippen molar-refractivity contribution in [3.63, 3.8) is 0 Å². The fraction of sp³-hybridized carbons (Fsp3) is 0.182. The Morgan fingerprint density at radius 2 is 2.33 bits per heavy atom. The van der Waals surface area contributed by atoms with E-state index in [0.717, 1.165) is 22.9 Å². The van der Waals surface area contributed by atoms with Crippen LogP contribution in [0.5, 0.6) is 0 Å². The maximum Gasteiger partial charge on any atom is 0.313 e. The van der Waals surface area contributed by atoms with E-state index in [1.165, 1.54) is 0 Å². The van der Waals surface area contributed by atoms with Gasteiger partial charge in [0.15, 0.2) is 5.82 Å². The lowest BCUT2D eigenvalue weighted by Crippen LogP contribution is -1.97. The molecule has 1 aromatic carbocycles. The minimum Gasteiger partial charge on any atom is -0.481 e. The summed E-state index contributed by atoms with van der Waals surface area (Å²) in [5.41, 5.74) is 1.82. The van der Waals surface area contributed by atoms with Crippen LogP contribution in [0.25, 0.3) is 11.4 Å². The molecule has 0 saturated carbocycles. The maximum atomic E-state index is 10.4. The normalized spacial score (nSPS) is 10.6. The number of thioether (sulfide) groups is 1. The number of carboxylic acid groups (broad SMARTS) is 1. The molecule has 2 aromatic rings. The third kappa shape index (κ3) is 3.02. The van der Waals surface area contributed by atoms with Gasteiger partial charge in [-0.2, -0.15) is 0 Å². The number of nitrogens with zero attached hydrogens (tertiary/aromatic N) is 2. The molecule has 0 atom stereocenters. The molecule has 0 radical (unpaired) electrons. The number of halogens is 1. The Labute approximate surface area is 113 Å².